The summed E-state index contributed by atoms with van der Waals surface area (Å²) in [5.74, 6) is -0.211. The van der Waals surface area contributed by atoms with E-state index in [9.17, 15) is 4.79 Å². The molecule has 15 heavy (non-hydrogen) atoms. The number of nitrogens with zero attached hydrogens (tertiary/aromatic N) is 1. The van der Waals surface area contributed by atoms with Gasteiger partial charge in [-0.05, 0) is 13.3 Å². The van der Waals surface area contributed by atoms with E-state index in [1.165, 1.54) is 13.8 Å². The van der Waals surface area contributed by atoms with Crippen LogP contribution in [0.4, 0.5) is 0 Å². The topological polar surface area (TPSA) is 102 Å². The standard InChI is InChI=1S/C4H8O2.C4H10O.C2H3N.H2O/c1-3-6-4(2)5;1-2-3-4-5;1-2-3;/h3H2,1-2H3;5H,2-4H2,1H3;1H3;1H2. The molecule has 0 amide bonds. The highest BCUT2D eigenvalue weighted by molar-refractivity contribution is 5.65. The Morgan fingerprint density at radius 2 is 1.87 bits per heavy atom. The average molecular weight is 221 g/mol. The first kappa shape index (κ1) is 23.6. The van der Waals surface area contributed by atoms with Crippen LogP contribution in [0.1, 0.15) is 40.5 Å². The Hall–Kier alpha value is -1.12. The van der Waals surface area contributed by atoms with Gasteiger partial charge >= 0.3 is 5.97 Å². The molecule has 5 nitrogen and oxygen atoms in total. The van der Waals surface area contributed by atoms with Crippen LogP contribution < -0.4 is 0 Å². The molecule has 0 fully saturated rings. The molecule has 0 rings (SSSR count). The Morgan fingerprint density at radius 3 is 1.87 bits per heavy atom. The van der Waals surface area contributed by atoms with Crippen molar-refractivity contribution in [2.45, 2.75) is 40.5 Å². The summed E-state index contributed by atoms with van der Waals surface area (Å²) in [6.45, 7) is 7.48. The van der Waals surface area contributed by atoms with Gasteiger partial charge in [-0.2, -0.15) is 5.26 Å². The molecule has 0 aromatic rings. The number of carbonyl (C=O) groups excluding carboxylic acids is 1. The minimum atomic E-state index is -0.211. The van der Waals surface area contributed by atoms with E-state index < -0.39 is 0 Å². The number of aliphatic hydroxyl groups is 1. The third kappa shape index (κ3) is 101. The van der Waals surface area contributed by atoms with Crippen LogP contribution in [0.25, 0.3) is 0 Å². The number of nitriles is 1. The Bertz CT molecular complexity index is 141. The summed E-state index contributed by atoms with van der Waals surface area (Å²) >= 11 is 0. The fraction of sp³-hybridized carbons (Fsp3) is 0.800. The second-order valence-electron chi connectivity index (χ2n) is 2.23. The number of hydrogen-bond acceptors (Lipinski definition) is 4. The van der Waals surface area contributed by atoms with E-state index in [2.05, 4.69) is 11.7 Å². The van der Waals surface area contributed by atoms with Gasteiger partial charge in [0, 0.05) is 20.5 Å². The van der Waals surface area contributed by atoms with Gasteiger partial charge in [-0.1, -0.05) is 13.3 Å². The molecular formula is C10H23NO4. The van der Waals surface area contributed by atoms with Crippen LogP contribution in [0, 0.1) is 11.3 Å². The van der Waals surface area contributed by atoms with Crippen molar-refractivity contribution in [3.8, 4) is 6.07 Å². The van der Waals surface area contributed by atoms with Crippen LogP contribution in [0.5, 0.6) is 0 Å². The predicted molar refractivity (Wildman–Crippen MR) is 59.2 cm³/mol. The third-order valence-corrected chi connectivity index (χ3v) is 0.859. The monoisotopic (exact) mass is 221 g/mol. The van der Waals surface area contributed by atoms with Gasteiger partial charge < -0.3 is 15.3 Å². The zero-order valence-electron chi connectivity index (χ0n) is 10.0. The average Bonchev–Trinajstić information content (AvgIpc) is 2.07. The summed E-state index contributed by atoms with van der Waals surface area (Å²) in [4.78, 5) is 9.82. The van der Waals surface area contributed by atoms with Gasteiger partial charge in [-0.3, -0.25) is 4.79 Å². The second-order valence-corrected chi connectivity index (χ2v) is 2.23. The predicted octanol–water partition coefficient (Wildman–Crippen LogP) is 1.05. The van der Waals surface area contributed by atoms with E-state index in [0.717, 1.165) is 12.8 Å². The van der Waals surface area contributed by atoms with Gasteiger partial charge in [-0.25, -0.2) is 0 Å². The van der Waals surface area contributed by atoms with Crippen LogP contribution in [0.15, 0.2) is 0 Å². The number of esters is 1. The zero-order valence-corrected chi connectivity index (χ0v) is 10.0. The SMILES string of the molecule is CC#N.CCCCO.CCOC(C)=O.O. The van der Waals surface area contributed by atoms with Crippen LogP contribution in [-0.2, 0) is 9.53 Å². The lowest BCUT2D eigenvalue weighted by molar-refractivity contribution is -0.140. The van der Waals surface area contributed by atoms with Crippen molar-refractivity contribution in [2.24, 2.45) is 0 Å². The lowest BCUT2D eigenvalue weighted by Crippen LogP contribution is -1.95. The summed E-state index contributed by atoms with van der Waals surface area (Å²) < 4.78 is 4.40. The van der Waals surface area contributed by atoms with Gasteiger partial charge in [0.15, 0.2) is 0 Å². The number of rotatable bonds is 3. The lowest BCUT2D eigenvalue weighted by Gasteiger charge is -1.89. The van der Waals surface area contributed by atoms with Crippen molar-refractivity contribution in [1.82, 2.24) is 0 Å². The van der Waals surface area contributed by atoms with E-state index in [1.807, 2.05) is 0 Å². The van der Waals surface area contributed by atoms with E-state index in [-0.39, 0.29) is 11.4 Å². The van der Waals surface area contributed by atoms with Gasteiger partial charge in [0.2, 0.25) is 0 Å². The molecule has 0 heterocycles. The van der Waals surface area contributed by atoms with Crippen molar-refractivity contribution >= 4 is 5.97 Å². The Labute approximate surface area is 92.0 Å². The highest BCUT2D eigenvalue weighted by atomic mass is 16.5. The zero-order chi connectivity index (χ0) is 11.8. The van der Waals surface area contributed by atoms with Crippen molar-refractivity contribution in [1.29, 1.82) is 5.26 Å². The second kappa shape index (κ2) is 29.3. The molecule has 0 bridgehead atoms. The van der Waals surface area contributed by atoms with Crippen LogP contribution in [-0.4, -0.2) is 29.8 Å². The first-order valence-electron chi connectivity index (χ1n) is 4.65. The smallest absolute Gasteiger partial charge is 0.302 e. The molecular weight excluding hydrogens is 198 g/mol. The fourth-order valence-corrected chi connectivity index (χ4v) is 0.361. The number of aliphatic hydroxyl groups excluding tert-OH is 1. The number of carbonyl (C=O) groups is 1. The van der Waals surface area contributed by atoms with E-state index in [1.54, 1.807) is 13.0 Å². The van der Waals surface area contributed by atoms with Gasteiger partial charge in [-0.15, -0.1) is 0 Å². The summed E-state index contributed by atoms with van der Waals surface area (Å²) in [5, 5.41) is 15.4. The van der Waals surface area contributed by atoms with Gasteiger partial charge in [0.25, 0.3) is 0 Å². The summed E-state index contributed by atoms with van der Waals surface area (Å²) in [6.07, 6.45) is 2.04. The molecule has 0 unspecified atom stereocenters. The molecule has 92 valence electrons. The summed E-state index contributed by atoms with van der Waals surface area (Å²) in [5.41, 5.74) is 0. The quantitative estimate of drug-likeness (QED) is 0.719. The third-order valence-electron chi connectivity index (χ3n) is 0.859. The molecule has 0 aromatic carbocycles. The summed E-state index contributed by atoms with van der Waals surface area (Å²) in [6, 6.07) is 1.75. The first-order valence-corrected chi connectivity index (χ1v) is 4.65. The molecule has 0 aliphatic heterocycles. The Morgan fingerprint density at radius 1 is 1.47 bits per heavy atom. The molecule has 0 saturated heterocycles. The van der Waals surface area contributed by atoms with Gasteiger partial charge in [0.05, 0.1) is 12.7 Å². The van der Waals surface area contributed by atoms with Crippen molar-refractivity contribution in [3.63, 3.8) is 0 Å². The maximum absolute atomic E-state index is 9.82. The molecule has 0 aromatic heterocycles. The molecule has 0 aliphatic carbocycles. The van der Waals surface area contributed by atoms with Crippen LogP contribution >= 0.6 is 0 Å². The normalized spacial score (nSPS) is 6.40. The molecule has 0 spiro atoms. The largest absolute Gasteiger partial charge is 0.466 e. The van der Waals surface area contributed by atoms with Crippen LogP contribution in [0.3, 0.4) is 0 Å². The van der Waals surface area contributed by atoms with Crippen molar-refractivity contribution < 1.29 is 20.1 Å². The highest BCUT2D eigenvalue weighted by Gasteiger charge is 1.81. The molecule has 0 aliphatic rings. The van der Waals surface area contributed by atoms with E-state index in [4.69, 9.17) is 10.4 Å². The van der Waals surface area contributed by atoms with Crippen molar-refractivity contribution in [3.05, 3.63) is 0 Å². The Kier molecular flexibility index (Phi) is 46.0. The van der Waals surface area contributed by atoms with Crippen molar-refractivity contribution in [2.75, 3.05) is 13.2 Å². The molecule has 5 heteroatoms. The minimum Gasteiger partial charge on any atom is -0.466 e. The maximum Gasteiger partial charge on any atom is 0.302 e. The van der Waals surface area contributed by atoms with Gasteiger partial charge in [0.1, 0.15) is 0 Å². The molecule has 3 N–H and O–H groups in total. The summed E-state index contributed by atoms with van der Waals surface area (Å²) in [7, 11) is 0. The highest BCUT2D eigenvalue weighted by Crippen LogP contribution is 1.78. The number of ether oxygens (including phenoxy) is 1. The molecule has 0 radical (unpaired) electrons. The van der Waals surface area contributed by atoms with E-state index in [0.29, 0.717) is 13.2 Å². The fourth-order valence-electron chi connectivity index (χ4n) is 0.361. The maximum atomic E-state index is 9.82. The minimum absolute atomic E-state index is 0. The first-order chi connectivity index (χ1) is 6.60. The van der Waals surface area contributed by atoms with E-state index >= 15 is 0 Å². The van der Waals surface area contributed by atoms with Crippen LogP contribution in [0.2, 0.25) is 0 Å². The lowest BCUT2D eigenvalue weighted by atomic mass is 10.4. The molecule has 0 atom stereocenters. The Balaban J connectivity index is -0.0000000617. The number of unbranched alkanes of at least 4 members (excludes halogenated alkanes) is 1. The molecule has 0 saturated carbocycles. The number of hydrogen-bond donors (Lipinski definition) is 1.